The molecule has 0 radical (unpaired) electrons. The summed E-state index contributed by atoms with van der Waals surface area (Å²) in [6, 6.07) is 9.20. The fourth-order valence-electron chi connectivity index (χ4n) is 5.33. The number of aryl methyl sites for hydroxylation is 2. The molecule has 3 heteroatoms. The smallest absolute Gasteiger partial charge is 0.0145 e. The van der Waals surface area contributed by atoms with E-state index in [-0.39, 0.29) is 0 Å². The summed E-state index contributed by atoms with van der Waals surface area (Å²) in [7, 11) is 0. The second-order valence-electron chi connectivity index (χ2n) is 9.74. The predicted molar refractivity (Wildman–Crippen MR) is 130 cm³/mol. The van der Waals surface area contributed by atoms with Crippen LogP contribution >= 0.6 is 11.8 Å². The molecule has 2 aliphatic rings. The van der Waals surface area contributed by atoms with Gasteiger partial charge in [0.1, 0.15) is 0 Å². The number of nitrogens with zero attached hydrogens (tertiary/aromatic N) is 1. The summed E-state index contributed by atoms with van der Waals surface area (Å²) in [4.78, 5) is 2.93. The van der Waals surface area contributed by atoms with Crippen molar-refractivity contribution < 1.29 is 0 Å². The van der Waals surface area contributed by atoms with Gasteiger partial charge in [-0.15, -0.1) is 11.8 Å². The summed E-state index contributed by atoms with van der Waals surface area (Å²) >= 11 is 1.94. The quantitative estimate of drug-likeness (QED) is 0.584. The maximum absolute atomic E-state index is 6.26. The van der Waals surface area contributed by atoms with Crippen LogP contribution in [-0.4, -0.2) is 34.3 Å². The number of hydrogen-bond acceptors (Lipinski definition) is 3. The molecule has 0 amide bonds. The number of benzene rings is 1. The highest BCUT2D eigenvalue weighted by Crippen LogP contribution is 2.34. The van der Waals surface area contributed by atoms with E-state index in [1.165, 1.54) is 50.5 Å². The van der Waals surface area contributed by atoms with E-state index in [4.69, 9.17) is 5.73 Å². The minimum absolute atomic E-state index is 0.414. The molecule has 0 aliphatic heterocycles. The summed E-state index contributed by atoms with van der Waals surface area (Å²) in [6.45, 7) is 11.7. The fraction of sp³-hybridized carbons (Fsp3) is 0.692. The molecular formula is C26H42N2S. The van der Waals surface area contributed by atoms with Crippen molar-refractivity contribution in [3.63, 3.8) is 0 Å². The summed E-state index contributed by atoms with van der Waals surface area (Å²) < 4.78 is 0. The minimum atomic E-state index is 0.414. The van der Waals surface area contributed by atoms with Gasteiger partial charge in [-0.1, -0.05) is 45.0 Å². The van der Waals surface area contributed by atoms with Gasteiger partial charge >= 0.3 is 0 Å². The summed E-state index contributed by atoms with van der Waals surface area (Å²) in [5.74, 6) is 0.565. The lowest BCUT2D eigenvalue weighted by Crippen LogP contribution is -2.54. The Hall–Kier alpha value is -0.770. The van der Waals surface area contributed by atoms with Crippen LogP contribution in [0, 0.1) is 12.8 Å². The van der Waals surface area contributed by atoms with E-state index in [9.17, 15) is 0 Å². The zero-order valence-corrected chi connectivity index (χ0v) is 20.0. The molecule has 0 saturated heterocycles. The summed E-state index contributed by atoms with van der Waals surface area (Å²) in [5.41, 5.74) is 10.9. The highest BCUT2D eigenvalue weighted by Gasteiger charge is 2.36. The van der Waals surface area contributed by atoms with Crippen molar-refractivity contribution in [3.05, 3.63) is 46.4 Å². The van der Waals surface area contributed by atoms with E-state index in [0.29, 0.717) is 35.3 Å². The highest BCUT2D eigenvalue weighted by molar-refractivity contribution is 8.02. The van der Waals surface area contributed by atoms with Crippen molar-refractivity contribution in [1.29, 1.82) is 0 Å². The first-order valence-electron chi connectivity index (χ1n) is 11.8. The van der Waals surface area contributed by atoms with Crippen LogP contribution in [0.1, 0.15) is 76.5 Å². The van der Waals surface area contributed by atoms with Crippen LogP contribution in [0.2, 0.25) is 0 Å². The van der Waals surface area contributed by atoms with Gasteiger partial charge in [-0.25, -0.2) is 0 Å². The van der Waals surface area contributed by atoms with E-state index in [2.05, 4.69) is 69.2 Å². The van der Waals surface area contributed by atoms with Crippen molar-refractivity contribution >= 4 is 11.8 Å². The van der Waals surface area contributed by atoms with Gasteiger partial charge < -0.3 is 5.73 Å². The topological polar surface area (TPSA) is 29.3 Å². The van der Waals surface area contributed by atoms with Crippen LogP contribution in [0.15, 0.2) is 29.7 Å². The molecule has 3 unspecified atom stereocenters. The lowest BCUT2D eigenvalue weighted by atomic mass is 9.81. The Bertz CT molecular complexity index is 675. The molecule has 162 valence electrons. The SMILES string of the molecule is Cc1cccc2c1CC(N(C1CCC(N)CC1)C(C)C(C)/C=C\SC(C)C)CC2. The van der Waals surface area contributed by atoms with Gasteiger partial charge in [0.15, 0.2) is 0 Å². The summed E-state index contributed by atoms with van der Waals surface area (Å²) in [6.07, 6.45) is 11.1. The third kappa shape index (κ3) is 5.89. The van der Waals surface area contributed by atoms with Crippen molar-refractivity contribution in [2.45, 2.75) is 109 Å². The molecule has 2 N–H and O–H groups in total. The molecule has 2 nitrogen and oxygen atoms in total. The van der Waals surface area contributed by atoms with Gasteiger partial charge in [-0.2, -0.15) is 0 Å². The average Bonchev–Trinajstić information content (AvgIpc) is 2.69. The first-order valence-corrected chi connectivity index (χ1v) is 12.7. The van der Waals surface area contributed by atoms with Crippen LogP contribution < -0.4 is 5.73 Å². The van der Waals surface area contributed by atoms with Crippen molar-refractivity contribution in [2.24, 2.45) is 11.7 Å². The number of nitrogens with two attached hydrogens (primary N) is 1. The molecule has 0 heterocycles. The van der Waals surface area contributed by atoms with Crippen LogP contribution in [0.25, 0.3) is 0 Å². The number of fused-ring (bicyclic) bond motifs is 1. The Morgan fingerprint density at radius 2 is 1.76 bits per heavy atom. The van der Waals surface area contributed by atoms with Crippen molar-refractivity contribution in [1.82, 2.24) is 4.90 Å². The van der Waals surface area contributed by atoms with E-state index in [1.54, 1.807) is 11.1 Å². The minimum Gasteiger partial charge on any atom is -0.328 e. The number of thioether (sulfide) groups is 1. The molecule has 1 saturated carbocycles. The van der Waals surface area contributed by atoms with Gasteiger partial charge in [0, 0.05) is 29.4 Å². The molecule has 1 fully saturated rings. The zero-order chi connectivity index (χ0) is 21.0. The van der Waals surface area contributed by atoms with Crippen LogP contribution in [0.3, 0.4) is 0 Å². The van der Waals surface area contributed by atoms with Crippen LogP contribution in [-0.2, 0) is 12.8 Å². The monoisotopic (exact) mass is 414 g/mol. The fourth-order valence-corrected chi connectivity index (χ4v) is 5.98. The Morgan fingerprint density at radius 1 is 1.03 bits per heavy atom. The van der Waals surface area contributed by atoms with Crippen molar-refractivity contribution in [2.75, 3.05) is 0 Å². The molecule has 3 atom stereocenters. The normalized spacial score (nSPS) is 27.4. The number of hydrogen-bond donors (Lipinski definition) is 1. The summed E-state index contributed by atoms with van der Waals surface area (Å²) in [5, 5.41) is 2.99. The molecule has 1 aromatic carbocycles. The van der Waals surface area contributed by atoms with E-state index < -0.39 is 0 Å². The molecule has 2 aliphatic carbocycles. The zero-order valence-electron chi connectivity index (χ0n) is 19.2. The third-order valence-electron chi connectivity index (χ3n) is 7.24. The van der Waals surface area contributed by atoms with Crippen LogP contribution in [0.4, 0.5) is 0 Å². The van der Waals surface area contributed by atoms with Gasteiger partial charge in [-0.05, 0) is 86.8 Å². The first-order chi connectivity index (χ1) is 13.9. The highest BCUT2D eigenvalue weighted by atomic mass is 32.2. The second-order valence-corrected chi connectivity index (χ2v) is 11.2. The van der Waals surface area contributed by atoms with E-state index >= 15 is 0 Å². The van der Waals surface area contributed by atoms with E-state index in [1.807, 2.05) is 11.8 Å². The maximum Gasteiger partial charge on any atom is 0.0145 e. The standard InChI is InChI=1S/C26H42N2S/c1-18(2)29-16-15-19(3)21(5)28(24-13-10-23(27)11-14-24)25-12-9-22-8-6-7-20(4)26(22)17-25/h6-8,15-16,18-19,21,23-25H,9-14,17,27H2,1-5H3/b16-15-. The van der Waals surface area contributed by atoms with Gasteiger partial charge in [0.05, 0.1) is 0 Å². The Kier molecular flexibility index (Phi) is 8.30. The Balaban J connectivity index is 1.80. The first kappa shape index (κ1) is 22.9. The molecular weight excluding hydrogens is 372 g/mol. The average molecular weight is 415 g/mol. The van der Waals surface area contributed by atoms with Crippen LogP contribution in [0.5, 0.6) is 0 Å². The Labute approximate surface area is 183 Å². The maximum atomic E-state index is 6.26. The Morgan fingerprint density at radius 3 is 2.45 bits per heavy atom. The lowest BCUT2D eigenvalue weighted by Gasteiger charge is -2.47. The van der Waals surface area contributed by atoms with Gasteiger partial charge in [0.25, 0.3) is 0 Å². The molecule has 1 aromatic rings. The van der Waals surface area contributed by atoms with Gasteiger partial charge in [0.2, 0.25) is 0 Å². The van der Waals surface area contributed by atoms with Gasteiger partial charge in [-0.3, -0.25) is 4.90 Å². The lowest BCUT2D eigenvalue weighted by molar-refractivity contribution is 0.0386. The molecule has 0 aromatic heterocycles. The molecule has 0 bridgehead atoms. The van der Waals surface area contributed by atoms with E-state index in [0.717, 1.165) is 0 Å². The second kappa shape index (κ2) is 10.5. The largest absolute Gasteiger partial charge is 0.328 e. The predicted octanol–water partition coefficient (Wildman–Crippen LogP) is 6.10. The number of rotatable bonds is 7. The molecule has 3 rings (SSSR count). The van der Waals surface area contributed by atoms with Crippen molar-refractivity contribution in [3.8, 4) is 0 Å². The molecule has 0 spiro atoms. The third-order valence-corrected chi connectivity index (χ3v) is 8.10. The molecule has 29 heavy (non-hydrogen) atoms.